The van der Waals surface area contributed by atoms with Gasteiger partial charge in [-0.1, -0.05) is 15.9 Å². The third-order valence-electron chi connectivity index (χ3n) is 2.44. The fourth-order valence-electron chi connectivity index (χ4n) is 1.77. The Balaban J connectivity index is 2.45. The lowest BCUT2D eigenvalue weighted by atomic mass is 10.1. The van der Waals surface area contributed by atoms with Crippen LogP contribution in [0.1, 0.15) is 24.8 Å². The maximum absolute atomic E-state index is 5.24. The van der Waals surface area contributed by atoms with Crippen LogP contribution in [0.5, 0.6) is 5.88 Å². The summed E-state index contributed by atoms with van der Waals surface area (Å²) < 4.78 is 6.54. The van der Waals surface area contributed by atoms with Crippen LogP contribution in [0.25, 0.3) is 5.57 Å². The van der Waals surface area contributed by atoms with Crippen molar-refractivity contribution in [3.63, 3.8) is 0 Å². The zero-order valence-electron chi connectivity index (χ0n) is 8.09. The first-order chi connectivity index (χ1) is 6.83. The molecule has 0 aromatic carbocycles. The van der Waals surface area contributed by atoms with Crippen molar-refractivity contribution in [3.05, 3.63) is 28.4 Å². The van der Waals surface area contributed by atoms with E-state index in [0.717, 1.165) is 24.3 Å². The number of aromatic nitrogens is 1. The van der Waals surface area contributed by atoms with Gasteiger partial charge in [-0.2, -0.15) is 0 Å². The molecule has 0 saturated carbocycles. The minimum atomic E-state index is 0.723. The number of pyridine rings is 1. The molecule has 1 aliphatic carbocycles. The zero-order chi connectivity index (χ0) is 9.97. The third-order valence-corrected chi connectivity index (χ3v) is 3.32. The molecule has 2 rings (SSSR count). The molecule has 0 bridgehead atoms. The van der Waals surface area contributed by atoms with Crippen LogP contribution < -0.4 is 4.74 Å². The van der Waals surface area contributed by atoms with E-state index in [2.05, 4.69) is 27.0 Å². The molecule has 0 amide bonds. The molecule has 14 heavy (non-hydrogen) atoms. The predicted octanol–water partition coefficient (Wildman–Crippen LogP) is 3.38. The van der Waals surface area contributed by atoms with Crippen LogP contribution in [-0.4, -0.2) is 12.1 Å². The van der Waals surface area contributed by atoms with E-state index in [4.69, 9.17) is 4.74 Å². The highest BCUT2D eigenvalue weighted by molar-refractivity contribution is 9.11. The molecule has 0 fully saturated rings. The Labute approximate surface area is 92.1 Å². The second kappa shape index (κ2) is 4.13. The molecule has 0 N–H and O–H groups in total. The number of halogens is 1. The van der Waals surface area contributed by atoms with Crippen LogP contribution in [0.2, 0.25) is 0 Å². The van der Waals surface area contributed by atoms with E-state index in [9.17, 15) is 0 Å². The van der Waals surface area contributed by atoms with Crippen LogP contribution in [0.3, 0.4) is 0 Å². The van der Waals surface area contributed by atoms with Gasteiger partial charge in [0.25, 0.3) is 0 Å². The van der Waals surface area contributed by atoms with Crippen molar-refractivity contribution in [2.45, 2.75) is 19.3 Å². The second-order valence-corrected chi connectivity index (χ2v) is 4.25. The van der Waals surface area contributed by atoms with E-state index < -0.39 is 0 Å². The van der Waals surface area contributed by atoms with Gasteiger partial charge >= 0.3 is 0 Å². The molecule has 0 atom stereocenters. The topological polar surface area (TPSA) is 22.1 Å². The zero-order valence-corrected chi connectivity index (χ0v) is 9.67. The summed E-state index contributed by atoms with van der Waals surface area (Å²) in [6.45, 7) is 0. The normalized spacial score (nSPS) is 16.1. The molecule has 0 radical (unpaired) electrons. The quantitative estimate of drug-likeness (QED) is 0.807. The predicted molar refractivity (Wildman–Crippen MR) is 60.5 cm³/mol. The summed E-state index contributed by atoms with van der Waals surface area (Å²) >= 11 is 3.60. The summed E-state index contributed by atoms with van der Waals surface area (Å²) in [5.41, 5.74) is 2.47. The van der Waals surface area contributed by atoms with Crippen molar-refractivity contribution in [1.29, 1.82) is 0 Å². The maximum atomic E-state index is 5.24. The highest BCUT2D eigenvalue weighted by Crippen LogP contribution is 2.39. The summed E-state index contributed by atoms with van der Waals surface area (Å²) in [7, 11) is 1.66. The van der Waals surface area contributed by atoms with Gasteiger partial charge in [-0.05, 0) is 41.5 Å². The molecule has 74 valence electrons. The maximum Gasteiger partial charge on any atom is 0.220 e. The molecular formula is C11H12BrNO. The average molecular weight is 254 g/mol. The summed E-state index contributed by atoms with van der Waals surface area (Å²) in [6, 6.07) is 4.01. The second-order valence-electron chi connectivity index (χ2n) is 3.30. The first kappa shape index (κ1) is 9.71. The molecule has 1 aliphatic rings. The highest BCUT2D eigenvalue weighted by atomic mass is 79.9. The van der Waals surface area contributed by atoms with E-state index in [1.54, 1.807) is 13.3 Å². The van der Waals surface area contributed by atoms with Gasteiger partial charge < -0.3 is 4.74 Å². The van der Waals surface area contributed by atoms with Gasteiger partial charge in [-0.15, -0.1) is 0 Å². The smallest absolute Gasteiger partial charge is 0.220 e. The molecule has 0 unspecified atom stereocenters. The molecule has 0 aliphatic heterocycles. The van der Waals surface area contributed by atoms with Gasteiger partial charge in [0.1, 0.15) is 0 Å². The highest BCUT2D eigenvalue weighted by Gasteiger charge is 2.17. The molecule has 2 nitrogen and oxygen atoms in total. The minimum absolute atomic E-state index is 0.723. The van der Waals surface area contributed by atoms with Crippen LogP contribution in [0.15, 0.2) is 22.8 Å². The van der Waals surface area contributed by atoms with Gasteiger partial charge in [-0.25, -0.2) is 4.98 Å². The molecule has 0 spiro atoms. The van der Waals surface area contributed by atoms with Gasteiger partial charge in [0.2, 0.25) is 5.88 Å². The summed E-state index contributed by atoms with van der Waals surface area (Å²) in [5.74, 6) is 0.723. The number of allylic oxidation sites excluding steroid dienone is 2. The Hall–Kier alpha value is -0.830. The number of nitrogens with zero attached hydrogens (tertiary/aromatic N) is 1. The van der Waals surface area contributed by atoms with E-state index in [0.29, 0.717) is 0 Å². The van der Waals surface area contributed by atoms with E-state index >= 15 is 0 Å². The fraction of sp³-hybridized carbons (Fsp3) is 0.364. The number of hydrogen-bond acceptors (Lipinski definition) is 2. The molecule has 0 saturated heterocycles. The van der Waals surface area contributed by atoms with Gasteiger partial charge in [0.05, 0.1) is 7.11 Å². The Kier molecular flexibility index (Phi) is 2.87. The van der Waals surface area contributed by atoms with Gasteiger partial charge in [0, 0.05) is 11.8 Å². The van der Waals surface area contributed by atoms with Gasteiger partial charge in [0.15, 0.2) is 0 Å². The SMILES string of the molecule is COc1ncccc1C1=C(Br)CCC1. The lowest BCUT2D eigenvalue weighted by Crippen LogP contribution is -1.93. The van der Waals surface area contributed by atoms with Crippen molar-refractivity contribution >= 4 is 21.5 Å². The van der Waals surface area contributed by atoms with Gasteiger partial charge in [-0.3, -0.25) is 0 Å². The first-order valence-electron chi connectivity index (χ1n) is 4.70. The molecule has 1 heterocycles. The molecular weight excluding hydrogens is 242 g/mol. The Morgan fingerprint density at radius 1 is 1.43 bits per heavy atom. The third kappa shape index (κ3) is 1.69. The molecule has 3 heteroatoms. The lowest BCUT2D eigenvalue weighted by molar-refractivity contribution is 0.396. The van der Waals surface area contributed by atoms with Crippen molar-refractivity contribution < 1.29 is 4.74 Å². The van der Waals surface area contributed by atoms with Crippen molar-refractivity contribution in [2.75, 3.05) is 7.11 Å². The van der Waals surface area contributed by atoms with Crippen LogP contribution in [-0.2, 0) is 0 Å². The Morgan fingerprint density at radius 2 is 2.29 bits per heavy atom. The number of ether oxygens (including phenoxy) is 1. The van der Waals surface area contributed by atoms with Crippen LogP contribution in [0, 0.1) is 0 Å². The first-order valence-corrected chi connectivity index (χ1v) is 5.49. The fourth-order valence-corrected chi connectivity index (χ4v) is 2.46. The van der Waals surface area contributed by atoms with E-state index in [1.807, 2.05) is 6.07 Å². The molecule has 1 aromatic heterocycles. The lowest BCUT2D eigenvalue weighted by Gasteiger charge is -2.07. The number of hydrogen-bond donors (Lipinski definition) is 0. The molecule has 1 aromatic rings. The Morgan fingerprint density at radius 3 is 2.93 bits per heavy atom. The number of rotatable bonds is 2. The van der Waals surface area contributed by atoms with Crippen LogP contribution in [0.4, 0.5) is 0 Å². The average Bonchev–Trinajstić information content (AvgIpc) is 2.64. The largest absolute Gasteiger partial charge is 0.481 e. The van der Waals surface area contributed by atoms with Crippen molar-refractivity contribution in [2.24, 2.45) is 0 Å². The van der Waals surface area contributed by atoms with E-state index in [-0.39, 0.29) is 0 Å². The summed E-state index contributed by atoms with van der Waals surface area (Å²) in [4.78, 5) is 4.20. The van der Waals surface area contributed by atoms with E-state index in [1.165, 1.54) is 16.5 Å². The minimum Gasteiger partial charge on any atom is -0.481 e. The summed E-state index contributed by atoms with van der Waals surface area (Å²) in [5, 5.41) is 0. The summed E-state index contributed by atoms with van der Waals surface area (Å²) in [6.07, 6.45) is 5.22. The van der Waals surface area contributed by atoms with Crippen molar-refractivity contribution in [1.82, 2.24) is 4.98 Å². The van der Waals surface area contributed by atoms with Crippen LogP contribution >= 0.6 is 15.9 Å². The number of methoxy groups -OCH3 is 1. The standard InChI is InChI=1S/C11H12BrNO/c1-14-11-9(5-3-7-13-11)8-4-2-6-10(8)12/h3,5,7H,2,4,6H2,1H3. The Bertz CT molecular complexity index is 373. The monoisotopic (exact) mass is 253 g/mol. The van der Waals surface area contributed by atoms with Crippen molar-refractivity contribution in [3.8, 4) is 5.88 Å².